The van der Waals surface area contributed by atoms with Crippen molar-refractivity contribution in [3.63, 3.8) is 0 Å². The second-order valence-corrected chi connectivity index (χ2v) is 3.82. The molecule has 0 aliphatic heterocycles. The van der Waals surface area contributed by atoms with Crippen LogP contribution in [0.3, 0.4) is 0 Å². The number of esters is 1. The summed E-state index contributed by atoms with van der Waals surface area (Å²) in [6, 6.07) is 0. The van der Waals surface area contributed by atoms with Crippen LogP contribution in [0, 0.1) is 12.0 Å². The van der Waals surface area contributed by atoms with E-state index in [-0.39, 0.29) is 19.2 Å². The minimum atomic E-state index is -0.777. The van der Waals surface area contributed by atoms with Crippen molar-refractivity contribution in [1.82, 2.24) is 0 Å². The summed E-state index contributed by atoms with van der Waals surface area (Å²) in [5.74, 6) is -0.380. The number of rotatable bonds is 4. The van der Waals surface area contributed by atoms with Crippen molar-refractivity contribution in [2.24, 2.45) is 5.41 Å². The molecule has 87 valence electrons. The molecular formula is C10H17O5. The lowest BCUT2D eigenvalue weighted by atomic mass is 9.97. The van der Waals surface area contributed by atoms with Crippen LogP contribution in [0.5, 0.6) is 0 Å². The molecule has 0 atom stereocenters. The summed E-state index contributed by atoms with van der Waals surface area (Å²) in [4.78, 5) is 21.9. The highest BCUT2D eigenvalue weighted by Gasteiger charge is 2.23. The van der Waals surface area contributed by atoms with E-state index >= 15 is 0 Å². The van der Waals surface area contributed by atoms with Crippen LogP contribution in [-0.4, -0.2) is 25.3 Å². The van der Waals surface area contributed by atoms with Crippen molar-refractivity contribution in [3.8, 4) is 0 Å². The smallest absolute Gasteiger partial charge is 0.454 e. The van der Waals surface area contributed by atoms with E-state index in [1.165, 1.54) is 0 Å². The Kier molecular flexibility index (Phi) is 5.74. The standard InChI is InChI=1S/C10H17O5/c1-5-13-9(12)15-7-6-14-8(11)10(2,3)4/h6H,5,7H2,1-4H3. The van der Waals surface area contributed by atoms with Crippen molar-refractivity contribution in [2.75, 3.05) is 13.2 Å². The summed E-state index contributed by atoms with van der Waals surface area (Å²) in [5, 5.41) is 0. The summed E-state index contributed by atoms with van der Waals surface area (Å²) in [6.45, 7) is 8.14. The Morgan fingerprint density at radius 1 is 1.20 bits per heavy atom. The summed E-state index contributed by atoms with van der Waals surface area (Å²) in [6.07, 6.45) is -0.777. The van der Waals surface area contributed by atoms with Gasteiger partial charge in [-0.25, -0.2) is 4.79 Å². The molecule has 15 heavy (non-hydrogen) atoms. The SMILES string of the molecule is CCOC(=O)OC[CH]OC(=O)C(C)(C)C. The lowest BCUT2D eigenvalue weighted by Crippen LogP contribution is -2.23. The van der Waals surface area contributed by atoms with Crippen LogP contribution in [0.2, 0.25) is 0 Å². The molecule has 0 rings (SSSR count). The first-order valence-electron chi connectivity index (χ1n) is 4.70. The zero-order valence-corrected chi connectivity index (χ0v) is 9.53. The summed E-state index contributed by atoms with van der Waals surface area (Å²) in [7, 11) is 0. The van der Waals surface area contributed by atoms with Gasteiger partial charge in [-0.05, 0) is 27.7 Å². The van der Waals surface area contributed by atoms with E-state index in [4.69, 9.17) is 4.74 Å². The molecule has 0 aliphatic carbocycles. The van der Waals surface area contributed by atoms with Crippen molar-refractivity contribution in [2.45, 2.75) is 27.7 Å². The van der Waals surface area contributed by atoms with E-state index in [1.807, 2.05) is 0 Å². The molecule has 5 nitrogen and oxygen atoms in total. The van der Waals surface area contributed by atoms with E-state index in [9.17, 15) is 9.59 Å². The highest BCUT2D eigenvalue weighted by atomic mass is 16.7. The van der Waals surface area contributed by atoms with Crippen molar-refractivity contribution < 1.29 is 23.8 Å². The molecule has 1 radical (unpaired) electrons. The van der Waals surface area contributed by atoms with Crippen LogP contribution in [0.15, 0.2) is 0 Å². The molecule has 0 aromatic heterocycles. The van der Waals surface area contributed by atoms with Crippen LogP contribution in [0.1, 0.15) is 27.7 Å². The third-order valence-corrected chi connectivity index (χ3v) is 1.33. The Bertz CT molecular complexity index is 216. The first-order chi connectivity index (χ1) is 6.88. The van der Waals surface area contributed by atoms with Gasteiger partial charge in [0.2, 0.25) is 0 Å². The second-order valence-electron chi connectivity index (χ2n) is 3.82. The third-order valence-electron chi connectivity index (χ3n) is 1.33. The molecule has 0 N–H and O–H groups in total. The molecule has 0 spiro atoms. The second kappa shape index (κ2) is 6.27. The minimum absolute atomic E-state index is 0.110. The molecule has 0 saturated heterocycles. The van der Waals surface area contributed by atoms with Gasteiger partial charge in [-0.3, -0.25) is 4.79 Å². The fourth-order valence-corrected chi connectivity index (χ4v) is 0.548. The van der Waals surface area contributed by atoms with Crippen LogP contribution >= 0.6 is 0 Å². The van der Waals surface area contributed by atoms with Gasteiger partial charge in [-0.1, -0.05) is 0 Å². The number of ether oxygens (including phenoxy) is 3. The van der Waals surface area contributed by atoms with Gasteiger partial charge in [0, 0.05) is 0 Å². The Morgan fingerprint density at radius 2 is 1.80 bits per heavy atom. The van der Waals surface area contributed by atoms with Gasteiger partial charge in [0.15, 0.2) is 6.61 Å². The predicted molar refractivity (Wildman–Crippen MR) is 52.8 cm³/mol. The zero-order valence-electron chi connectivity index (χ0n) is 9.53. The van der Waals surface area contributed by atoms with Gasteiger partial charge in [0.1, 0.15) is 6.61 Å². The van der Waals surface area contributed by atoms with Crippen LogP contribution in [0.25, 0.3) is 0 Å². The first kappa shape index (κ1) is 13.7. The van der Waals surface area contributed by atoms with Crippen LogP contribution in [-0.2, 0) is 19.0 Å². The van der Waals surface area contributed by atoms with Crippen LogP contribution < -0.4 is 0 Å². The topological polar surface area (TPSA) is 61.8 Å². The van der Waals surface area contributed by atoms with Crippen molar-refractivity contribution >= 4 is 12.1 Å². The summed E-state index contributed by atoms with van der Waals surface area (Å²) in [5.41, 5.74) is -0.569. The van der Waals surface area contributed by atoms with Crippen molar-refractivity contribution in [1.29, 1.82) is 0 Å². The molecule has 0 bridgehead atoms. The maximum Gasteiger partial charge on any atom is 0.508 e. The van der Waals surface area contributed by atoms with E-state index in [0.29, 0.717) is 0 Å². The maximum absolute atomic E-state index is 11.2. The Labute approximate surface area is 89.7 Å². The van der Waals surface area contributed by atoms with Crippen LogP contribution in [0.4, 0.5) is 4.79 Å². The Balaban J connectivity index is 3.55. The zero-order chi connectivity index (χ0) is 11.9. The predicted octanol–water partition coefficient (Wildman–Crippen LogP) is 1.91. The fraction of sp³-hybridized carbons (Fsp3) is 0.700. The van der Waals surface area contributed by atoms with Gasteiger partial charge in [-0.15, -0.1) is 0 Å². The molecule has 0 heterocycles. The molecule has 0 saturated carbocycles. The Hall–Kier alpha value is -1.26. The highest BCUT2D eigenvalue weighted by molar-refractivity contribution is 5.75. The van der Waals surface area contributed by atoms with Gasteiger partial charge >= 0.3 is 12.1 Å². The normalized spacial score (nSPS) is 10.7. The average Bonchev–Trinajstić information content (AvgIpc) is 2.11. The monoisotopic (exact) mass is 217 g/mol. The first-order valence-corrected chi connectivity index (χ1v) is 4.70. The molecule has 0 aromatic carbocycles. The lowest BCUT2D eigenvalue weighted by Gasteiger charge is -2.15. The average molecular weight is 217 g/mol. The summed E-state index contributed by atoms with van der Waals surface area (Å²) >= 11 is 0. The Morgan fingerprint density at radius 3 is 2.27 bits per heavy atom. The quantitative estimate of drug-likeness (QED) is 0.531. The molecule has 0 aromatic rings. The maximum atomic E-state index is 11.2. The van der Waals surface area contributed by atoms with Gasteiger partial charge in [0.05, 0.1) is 12.0 Å². The minimum Gasteiger partial charge on any atom is -0.454 e. The number of carbonyl (C=O) groups is 2. The summed E-state index contributed by atoms with van der Waals surface area (Å²) < 4.78 is 13.8. The fourth-order valence-electron chi connectivity index (χ4n) is 0.548. The highest BCUT2D eigenvalue weighted by Crippen LogP contribution is 2.15. The van der Waals surface area contributed by atoms with E-state index in [1.54, 1.807) is 27.7 Å². The van der Waals surface area contributed by atoms with Gasteiger partial charge in [-0.2, -0.15) is 0 Å². The molecule has 0 fully saturated rings. The third kappa shape index (κ3) is 6.76. The van der Waals surface area contributed by atoms with E-state index in [0.717, 1.165) is 6.61 Å². The molecular weight excluding hydrogens is 200 g/mol. The molecule has 0 amide bonds. The van der Waals surface area contributed by atoms with Gasteiger partial charge in [0.25, 0.3) is 0 Å². The lowest BCUT2D eigenvalue weighted by molar-refractivity contribution is -0.150. The number of hydrogen-bond acceptors (Lipinski definition) is 5. The molecule has 5 heteroatoms. The molecule has 0 unspecified atom stereocenters. The van der Waals surface area contributed by atoms with E-state index in [2.05, 4.69) is 9.47 Å². The number of hydrogen-bond donors (Lipinski definition) is 0. The van der Waals surface area contributed by atoms with E-state index < -0.39 is 11.6 Å². The largest absolute Gasteiger partial charge is 0.508 e. The van der Waals surface area contributed by atoms with Crippen molar-refractivity contribution in [3.05, 3.63) is 6.61 Å². The number of carbonyl (C=O) groups excluding carboxylic acids is 2. The van der Waals surface area contributed by atoms with Gasteiger partial charge < -0.3 is 14.2 Å². The molecule has 0 aliphatic rings.